The number of phenolic OH excluding ortho intramolecular Hbond substituents is 1. The van der Waals surface area contributed by atoms with Crippen molar-refractivity contribution in [2.75, 3.05) is 14.2 Å². The Labute approximate surface area is 76.4 Å². The lowest BCUT2D eigenvalue weighted by Crippen LogP contribution is -1.87. The Morgan fingerprint density at radius 2 is 2.15 bits per heavy atom. The molecule has 0 unspecified atom stereocenters. The third kappa shape index (κ3) is 2.37. The predicted octanol–water partition coefficient (Wildman–Crippen LogP) is 1.38. The first-order valence-electron chi connectivity index (χ1n) is 3.71. The summed E-state index contributed by atoms with van der Waals surface area (Å²) in [5.74, 6) is 0.803. The zero-order valence-corrected chi connectivity index (χ0v) is 7.52. The molecule has 0 radical (unpaired) electrons. The van der Waals surface area contributed by atoms with Crippen LogP contribution in [0.5, 0.6) is 11.5 Å². The summed E-state index contributed by atoms with van der Waals surface area (Å²) in [5, 5.41) is 12.9. The van der Waals surface area contributed by atoms with Crippen LogP contribution in [-0.4, -0.2) is 25.5 Å². The highest BCUT2D eigenvalue weighted by atomic mass is 16.6. The molecule has 0 saturated carbocycles. The highest BCUT2D eigenvalue weighted by Crippen LogP contribution is 2.20. The van der Waals surface area contributed by atoms with Gasteiger partial charge in [0, 0.05) is 5.56 Å². The van der Waals surface area contributed by atoms with Gasteiger partial charge in [0.1, 0.15) is 18.6 Å². The molecule has 0 amide bonds. The Bertz CT molecular complexity index is 310. The average molecular weight is 181 g/mol. The van der Waals surface area contributed by atoms with Crippen molar-refractivity contribution in [3.63, 3.8) is 0 Å². The molecule has 1 N–H and O–H groups in total. The molecule has 0 aliphatic rings. The third-order valence-corrected chi connectivity index (χ3v) is 1.53. The van der Waals surface area contributed by atoms with Gasteiger partial charge in [-0.25, -0.2) is 0 Å². The maximum Gasteiger partial charge on any atom is 0.124 e. The Kier molecular flexibility index (Phi) is 3.14. The summed E-state index contributed by atoms with van der Waals surface area (Å²) in [6.07, 6.45) is 1.41. The quantitative estimate of drug-likeness (QED) is 0.566. The molecule has 70 valence electrons. The highest BCUT2D eigenvalue weighted by Gasteiger charge is 1.99. The van der Waals surface area contributed by atoms with E-state index in [4.69, 9.17) is 4.74 Å². The van der Waals surface area contributed by atoms with Gasteiger partial charge >= 0.3 is 0 Å². The van der Waals surface area contributed by atoms with Crippen molar-refractivity contribution in [2.45, 2.75) is 0 Å². The molecule has 0 bridgehead atoms. The summed E-state index contributed by atoms with van der Waals surface area (Å²) in [6, 6.07) is 4.87. The number of oxime groups is 1. The standard InChI is InChI=1S/C9H11NO3/c1-12-8-3-4-9(11)7(5-8)6-10-13-2/h3-6,11H,1-2H3/b10-6+. The Hall–Kier alpha value is -1.71. The lowest BCUT2D eigenvalue weighted by molar-refractivity contribution is 0.215. The van der Waals surface area contributed by atoms with Gasteiger partial charge in [-0.2, -0.15) is 0 Å². The number of phenols is 1. The van der Waals surface area contributed by atoms with E-state index in [1.54, 1.807) is 19.2 Å². The number of hydrogen-bond acceptors (Lipinski definition) is 4. The van der Waals surface area contributed by atoms with Crippen LogP contribution in [0.1, 0.15) is 5.56 Å². The van der Waals surface area contributed by atoms with Gasteiger partial charge < -0.3 is 14.7 Å². The van der Waals surface area contributed by atoms with E-state index in [2.05, 4.69) is 9.99 Å². The second-order valence-electron chi connectivity index (χ2n) is 2.34. The van der Waals surface area contributed by atoms with Gasteiger partial charge in [-0.3, -0.25) is 0 Å². The molecule has 4 nitrogen and oxygen atoms in total. The molecular weight excluding hydrogens is 170 g/mol. The first-order chi connectivity index (χ1) is 6.27. The minimum absolute atomic E-state index is 0.140. The van der Waals surface area contributed by atoms with Crippen molar-refractivity contribution < 1.29 is 14.7 Å². The van der Waals surface area contributed by atoms with E-state index >= 15 is 0 Å². The van der Waals surface area contributed by atoms with Gasteiger partial charge in [0.15, 0.2) is 0 Å². The molecule has 0 spiro atoms. The van der Waals surface area contributed by atoms with Crippen LogP contribution in [0.3, 0.4) is 0 Å². The van der Waals surface area contributed by atoms with Gasteiger partial charge in [-0.15, -0.1) is 0 Å². The van der Waals surface area contributed by atoms with E-state index in [9.17, 15) is 5.11 Å². The fourth-order valence-electron chi connectivity index (χ4n) is 0.872. The molecule has 1 rings (SSSR count). The summed E-state index contributed by atoms with van der Waals surface area (Å²) in [6.45, 7) is 0. The summed E-state index contributed by atoms with van der Waals surface area (Å²) >= 11 is 0. The average Bonchev–Trinajstić information content (AvgIpc) is 2.17. The van der Waals surface area contributed by atoms with Gasteiger partial charge in [-0.1, -0.05) is 5.16 Å². The van der Waals surface area contributed by atoms with E-state index in [0.29, 0.717) is 11.3 Å². The van der Waals surface area contributed by atoms with Crippen LogP contribution >= 0.6 is 0 Å². The van der Waals surface area contributed by atoms with Crippen LogP contribution in [-0.2, 0) is 4.84 Å². The lowest BCUT2D eigenvalue weighted by atomic mass is 10.2. The number of nitrogens with zero attached hydrogens (tertiary/aromatic N) is 1. The van der Waals surface area contributed by atoms with Crippen LogP contribution in [0, 0.1) is 0 Å². The summed E-state index contributed by atoms with van der Waals surface area (Å²) < 4.78 is 4.98. The molecule has 4 heteroatoms. The van der Waals surface area contributed by atoms with Gasteiger partial charge in [-0.05, 0) is 18.2 Å². The number of hydrogen-bond donors (Lipinski definition) is 1. The summed E-state index contributed by atoms with van der Waals surface area (Å²) in [5.41, 5.74) is 0.557. The molecule has 13 heavy (non-hydrogen) atoms. The molecule has 1 aromatic carbocycles. The molecule has 0 atom stereocenters. The molecule has 0 aliphatic heterocycles. The molecule has 0 heterocycles. The zero-order valence-electron chi connectivity index (χ0n) is 7.52. The van der Waals surface area contributed by atoms with Crippen molar-refractivity contribution in [1.82, 2.24) is 0 Å². The van der Waals surface area contributed by atoms with Crippen LogP contribution in [0.2, 0.25) is 0 Å². The first-order valence-corrected chi connectivity index (χ1v) is 3.71. The first kappa shape index (κ1) is 9.38. The SMILES string of the molecule is CO/N=C/c1cc(OC)ccc1O. The van der Waals surface area contributed by atoms with Crippen LogP contribution in [0.15, 0.2) is 23.4 Å². The molecule has 0 aliphatic carbocycles. The van der Waals surface area contributed by atoms with Gasteiger partial charge in [0.05, 0.1) is 13.3 Å². The Balaban J connectivity index is 2.97. The minimum atomic E-state index is 0.140. The lowest BCUT2D eigenvalue weighted by Gasteiger charge is -2.02. The zero-order chi connectivity index (χ0) is 9.68. The number of rotatable bonds is 3. The van der Waals surface area contributed by atoms with Crippen LogP contribution < -0.4 is 4.74 Å². The molecule has 0 aromatic heterocycles. The Morgan fingerprint density at radius 1 is 1.38 bits per heavy atom. The topological polar surface area (TPSA) is 51.0 Å². The second kappa shape index (κ2) is 4.35. The summed E-state index contributed by atoms with van der Waals surface area (Å²) in [4.78, 5) is 4.49. The van der Waals surface area contributed by atoms with E-state index in [1.165, 1.54) is 19.4 Å². The largest absolute Gasteiger partial charge is 0.507 e. The van der Waals surface area contributed by atoms with E-state index in [1.807, 2.05) is 0 Å². The van der Waals surface area contributed by atoms with Gasteiger partial charge in [0.25, 0.3) is 0 Å². The van der Waals surface area contributed by atoms with Crippen molar-refractivity contribution >= 4 is 6.21 Å². The number of aromatic hydroxyl groups is 1. The number of benzene rings is 1. The number of methoxy groups -OCH3 is 1. The van der Waals surface area contributed by atoms with Gasteiger partial charge in [0.2, 0.25) is 0 Å². The number of ether oxygens (including phenoxy) is 1. The highest BCUT2D eigenvalue weighted by molar-refractivity contribution is 5.83. The van der Waals surface area contributed by atoms with Crippen molar-refractivity contribution in [1.29, 1.82) is 0 Å². The maximum atomic E-state index is 9.35. The van der Waals surface area contributed by atoms with Crippen LogP contribution in [0.25, 0.3) is 0 Å². The van der Waals surface area contributed by atoms with Crippen LogP contribution in [0.4, 0.5) is 0 Å². The third-order valence-electron chi connectivity index (χ3n) is 1.53. The van der Waals surface area contributed by atoms with Crippen molar-refractivity contribution in [3.8, 4) is 11.5 Å². The molecular formula is C9H11NO3. The van der Waals surface area contributed by atoms with E-state index < -0.39 is 0 Å². The molecule has 0 fully saturated rings. The molecule has 1 aromatic rings. The smallest absolute Gasteiger partial charge is 0.124 e. The van der Waals surface area contributed by atoms with E-state index in [-0.39, 0.29) is 5.75 Å². The maximum absolute atomic E-state index is 9.35. The summed E-state index contributed by atoms with van der Waals surface area (Å²) in [7, 11) is 3.00. The van der Waals surface area contributed by atoms with Crippen molar-refractivity contribution in [3.05, 3.63) is 23.8 Å². The normalized spacial score (nSPS) is 10.3. The fourth-order valence-corrected chi connectivity index (χ4v) is 0.872. The predicted molar refractivity (Wildman–Crippen MR) is 49.3 cm³/mol. The monoisotopic (exact) mass is 181 g/mol. The van der Waals surface area contributed by atoms with Crippen molar-refractivity contribution in [2.24, 2.45) is 5.16 Å². The Morgan fingerprint density at radius 3 is 2.77 bits per heavy atom. The minimum Gasteiger partial charge on any atom is -0.507 e. The fraction of sp³-hybridized carbons (Fsp3) is 0.222. The second-order valence-corrected chi connectivity index (χ2v) is 2.34. The van der Waals surface area contributed by atoms with E-state index in [0.717, 1.165) is 0 Å². The molecule has 0 saturated heterocycles.